The molecule has 14 heavy (non-hydrogen) atoms. The zero-order valence-electron chi connectivity index (χ0n) is 7.98. The molecule has 1 aromatic carbocycles. The SMILES string of the molecule is C=CCC([C]=O)COc1ccccc1. The van der Waals surface area contributed by atoms with E-state index in [0.29, 0.717) is 13.0 Å². The molecule has 1 radical (unpaired) electrons. The number of rotatable bonds is 6. The molecule has 2 nitrogen and oxygen atoms in total. The summed E-state index contributed by atoms with van der Waals surface area (Å²) in [5.41, 5.74) is 0. The van der Waals surface area contributed by atoms with E-state index >= 15 is 0 Å². The second kappa shape index (κ2) is 5.97. The molecular formula is C12H13O2. The summed E-state index contributed by atoms with van der Waals surface area (Å²) in [5, 5.41) is 0. The van der Waals surface area contributed by atoms with Crippen molar-refractivity contribution in [2.24, 2.45) is 5.92 Å². The lowest BCUT2D eigenvalue weighted by molar-refractivity contribution is 0.281. The van der Waals surface area contributed by atoms with E-state index in [1.54, 1.807) is 6.08 Å². The summed E-state index contributed by atoms with van der Waals surface area (Å²) in [6, 6.07) is 9.41. The first-order chi connectivity index (χ1) is 6.86. The molecule has 0 aliphatic carbocycles. The van der Waals surface area contributed by atoms with Crippen molar-refractivity contribution in [1.29, 1.82) is 0 Å². The van der Waals surface area contributed by atoms with Crippen LogP contribution < -0.4 is 4.74 Å². The van der Waals surface area contributed by atoms with Gasteiger partial charge in [0.05, 0.1) is 12.5 Å². The maximum Gasteiger partial charge on any atom is 0.205 e. The van der Waals surface area contributed by atoms with Gasteiger partial charge in [-0.3, -0.25) is 4.79 Å². The van der Waals surface area contributed by atoms with Crippen LogP contribution in [0.4, 0.5) is 0 Å². The van der Waals surface area contributed by atoms with Crippen molar-refractivity contribution < 1.29 is 9.53 Å². The van der Waals surface area contributed by atoms with Gasteiger partial charge in [0.25, 0.3) is 0 Å². The second-order valence-corrected chi connectivity index (χ2v) is 2.96. The molecule has 0 aliphatic rings. The monoisotopic (exact) mass is 189 g/mol. The fourth-order valence-corrected chi connectivity index (χ4v) is 1.06. The number of carbonyl (C=O) groups excluding carboxylic acids is 1. The van der Waals surface area contributed by atoms with E-state index in [4.69, 9.17) is 4.74 Å². The largest absolute Gasteiger partial charge is 0.493 e. The number of hydrogen-bond donors (Lipinski definition) is 0. The van der Waals surface area contributed by atoms with Crippen molar-refractivity contribution in [3.8, 4) is 5.75 Å². The van der Waals surface area contributed by atoms with Gasteiger partial charge in [0.2, 0.25) is 6.29 Å². The van der Waals surface area contributed by atoms with Crippen molar-refractivity contribution in [1.82, 2.24) is 0 Å². The highest BCUT2D eigenvalue weighted by Crippen LogP contribution is 2.10. The molecule has 0 bridgehead atoms. The summed E-state index contributed by atoms with van der Waals surface area (Å²) in [7, 11) is 0. The Kier molecular flexibility index (Phi) is 4.48. The minimum atomic E-state index is -0.215. The van der Waals surface area contributed by atoms with E-state index in [9.17, 15) is 4.79 Å². The Morgan fingerprint density at radius 1 is 1.43 bits per heavy atom. The van der Waals surface area contributed by atoms with E-state index in [2.05, 4.69) is 6.58 Å². The van der Waals surface area contributed by atoms with E-state index in [-0.39, 0.29) is 5.92 Å². The van der Waals surface area contributed by atoms with Crippen molar-refractivity contribution in [3.05, 3.63) is 43.0 Å². The predicted octanol–water partition coefficient (Wildman–Crippen LogP) is 2.37. The van der Waals surface area contributed by atoms with Gasteiger partial charge in [0.1, 0.15) is 5.75 Å². The van der Waals surface area contributed by atoms with Crippen LogP contribution in [0, 0.1) is 5.92 Å². The van der Waals surface area contributed by atoms with E-state index in [1.165, 1.54) is 0 Å². The minimum absolute atomic E-state index is 0.215. The van der Waals surface area contributed by atoms with Crippen molar-refractivity contribution in [2.75, 3.05) is 6.61 Å². The topological polar surface area (TPSA) is 26.3 Å². The van der Waals surface area contributed by atoms with Gasteiger partial charge in [-0.15, -0.1) is 6.58 Å². The zero-order chi connectivity index (χ0) is 10.2. The molecule has 1 unspecified atom stereocenters. The Labute approximate surface area is 84.2 Å². The minimum Gasteiger partial charge on any atom is -0.493 e. The molecule has 0 heterocycles. The van der Waals surface area contributed by atoms with Crippen LogP contribution in [0.3, 0.4) is 0 Å². The van der Waals surface area contributed by atoms with Gasteiger partial charge in [-0.1, -0.05) is 24.3 Å². The molecule has 1 aromatic rings. The standard InChI is InChI=1S/C12H13O2/c1-2-6-11(9-13)10-14-12-7-4-3-5-8-12/h2-5,7-8,11H,1,6,10H2. The van der Waals surface area contributed by atoms with Gasteiger partial charge in [-0.25, -0.2) is 0 Å². The normalized spacial score (nSPS) is 11.7. The number of benzene rings is 1. The molecule has 2 heteroatoms. The fourth-order valence-electron chi connectivity index (χ4n) is 1.06. The Hall–Kier alpha value is -1.57. The first kappa shape index (κ1) is 10.5. The predicted molar refractivity (Wildman–Crippen MR) is 55.9 cm³/mol. The molecule has 0 N–H and O–H groups in total. The Bertz CT molecular complexity index is 280. The van der Waals surface area contributed by atoms with Crippen LogP contribution in [0.1, 0.15) is 6.42 Å². The van der Waals surface area contributed by atoms with E-state index < -0.39 is 0 Å². The average Bonchev–Trinajstić information content (AvgIpc) is 2.25. The van der Waals surface area contributed by atoms with Gasteiger partial charge >= 0.3 is 0 Å². The Balaban J connectivity index is 2.39. The molecule has 0 spiro atoms. The van der Waals surface area contributed by atoms with Gasteiger partial charge in [0.15, 0.2) is 0 Å². The lowest BCUT2D eigenvalue weighted by Crippen LogP contribution is -2.12. The van der Waals surface area contributed by atoms with Crippen LogP contribution in [0.25, 0.3) is 0 Å². The lowest BCUT2D eigenvalue weighted by Gasteiger charge is -2.08. The van der Waals surface area contributed by atoms with Gasteiger partial charge < -0.3 is 4.74 Å². The Morgan fingerprint density at radius 2 is 2.14 bits per heavy atom. The van der Waals surface area contributed by atoms with Crippen LogP contribution in [-0.4, -0.2) is 12.9 Å². The van der Waals surface area contributed by atoms with Crippen molar-refractivity contribution in [3.63, 3.8) is 0 Å². The third-order valence-corrected chi connectivity index (χ3v) is 1.81. The van der Waals surface area contributed by atoms with E-state index in [1.807, 2.05) is 36.6 Å². The summed E-state index contributed by atoms with van der Waals surface area (Å²) in [5.74, 6) is 0.560. The molecule has 1 rings (SSSR count). The highest BCUT2D eigenvalue weighted by Gasteiger charge is 2.06. The number of hydrogen-bond acceptors (Lipinski definition) is 2. The summed E-state index contributed by atoms with van der Waals surface area (Å²) >= 11 is 0. The maximum atomic E-state index is 10.5. The van der Waals surface area contributed by atoms with Crippen LogP contribution in [-0.2, 0) is 4.79 Å². The lowest BCUT2D eigenvalue weighted by atomic mass is 10.1. The maximum absolute atomic E-state index is 10.5. The molecule has 73 valence electrons. The highest BCUT2D eigenvalue weighted by atomic mass is 16.5. The van der Waals surface area contributed by atoms with Crippen molar-refractivity contribution in [2.45, 2.75) is 6.42 Å². The smallest absolute Gasteiger partial charge is 0.205 e. The molecule has 0 saturated carbocycles. The molecule has 0 saturated heterocycles. The average molecular weight is 189 g/mol. The van der Waals surface area contributed by atoms with Crippen LogP contribution in [0.2, 0.25) is 0 Å². The summed E-state index contributed by atoms with van der Waals surface area (Å²) in [6.45, 7) is 3.93. The summed E-state index contributed by atoms with van der Waals surface area (Å²) in [6.07, 6.45) is 4.23. The third kappa shape index (κ3) is 3.44. The van der Waals surface area contributed by atoms with Crippen LogP contribution in [0.5, 0.6) is 5.75 Å². The van der Waals surface area contributed by atoms with Gasteiger partial charge in [-0.2, -0.15) is 0 Å². The van der Waals surface area contributed by atoms with Crippen LogP contribution >= 0.6 is 0 Å². The molecule has 0 aliphatic heterocycles. The summed E-state index contributed by atoms with van der Waals surface area (Å²) < 4.78 is 5.40. The first-order valence-corrected chi connectivity index (χ1v) is 4.53. The number of ether oxygens (including phenoxy) is 1. The third-order valence-electron chi connectivity index (χ3n) is 1.81. The van der Waals surface area contributed by atoms with Gasteiger partial charge in [0, 0.05) is 0 Å². The van der Waals surface area contributed by atoms with Crippen molar-refractivity contribution >= 4 is 6.29 Å². The Morgan fingerprint density at radius 3 is 2.71 bits per heavy atom. The first-order valence-electron chi connectivity index (χ1n) is 4.53. The van der Waals surface area contributed by atoms with Crippen LogP contribution in [0.15, 0.2) is 43.0 Å². The second-order valence-electron chi connectivity index (χ2n) is 2.96. The van der Waals surface area contributed by atoms with E-state index in [0.717, 1.165) is 5.75 Å². The molecule has 1 atom stereocenters. The summed E-state index contributed by atoms with van der Waals surface area (Å²) in [4.78, 5) is 10.5. The molecule has 0 aromatic heterocycles. The molecule has 0 amide bonds. The number of para-hydroxylation sites is 1. The highest BCUT2D eigenvalue weighted by molar-refractivity contribution is 5.55. The quantitative estimate of drug-likeness (QED) is 0.642. The zero-order valence-corrected chi connectivity index (χ0v) is 7.98. The molecule has 0 fully saturated rings. The number of allylic oxidation sites excluding steroid dienone is 1. The molecular weight excluding hydrogens is 176 g/mol. The fraction of sp³-hybridized carbons (Fsp3) is 0.250. The van der Waals surface area contributed by atoms with Gasteiger partial charge in [-0.05, 0) is 18.6 Å².